The van der Waals surface area contributed by atoms with Crippen molar-refractivity contribution in [3.05, 3.63) is 66.4 Å². The molecule has 1 atom stereocenters. The molecule has 0 aliphatic heterocycles. The minimum absolute atomic E-state index is 0.0284. The Bertz CT molecular complexity index is 898. The van der Waals surface area contributed by atoms with E-state index in [2.05, 4.69) is 0 Å². The molecule has 114 valence electrons. The second kappa shape index (κ2) is 5.59. The smallest absolute Gasteiger partial charge is 0.268 e. The highest BCUT2D eigenvalue weighted by molar-refractivity contribution is 7.90. The molecule has 0 aliphatic carbocycles. The molecular formula is C17H17NO3S. The molecule has 0 bridgehead atoms. The fraction of sp³-hybridized carbons (Fsp3) is 0.176. The molecule has 2 aromatic carbocycles. The minimum atomic E-state index is -3.65. The van der Waals surface area contributed by atoms with Crippen LogP contribution in [0, 0.1) is 0 Å². The first-order valence-corrected chi connectivity index (χ1v) is 8.51. The lowest BCUT2D eigenvalue weighted by Crippen LogP contribution is -2.11. The zero-order valence-corrected chi connectivity index (χ0v) is 13.0. The number of hydrogen-bond acceptors (Lipinski definition) is 3. The molecule has 4 nitrogen and oxygen atoms in total. The van der Waals surface area contributed by atoms with E-state index in [1.807, 2.05) is 25.1 Å². The van der Waals surface area contributed by atoms with Crippen LogP contribution in [0.3, 0.4) is 0 Å². The summed E-state index contributed by atoms with van der Waals surface area (Å²) >= 11 is 0. The molecule has 1 heterocycles. The fourth-order valence-electron chi connectivity index (χ4n) is 2.57. The van der Waals surface area contributed by atoms with Crippen LogP contribution in [0.5, 0.6) is 0 Å². The Balaban J connectivity index is 2.28. The molecule has 0 unspecified atom stereocenters. The van der Waals surface area contributed by atoms with Crippen molar-refractivity contribution in [3.63, 3.8) is 0 Å². The molecule has 0 fully saturated rings. The van der Waals surface area contributed by atoms with E-state index in [1.54, 1.807) is 42.6 Å². The number of fused-ring (bicyclic) bond motifs is 1. The lowest BCUT2D eigenvalue weighted by atomic mass is 10.0. The van der Waals surface area contributed by atoms with Gasteiger partial charge in [-0.2, -0.15) is 0 Å². The van der Waals surface area contributed by atoms with Gasteiger partial charge >= 0.3 is 0 Å². The lowest BCUT2D eigenvalue weighted by molar-refractivity contribution is 0.273. The molecule has 3 rings (SSSR count). The van der Waals surface area contributed by atoms with Gasteiger partial charge in [0, 0.05) is 24.1 Å². The van der Waals surface area contributed by atoms with Crippen molar-refractivity contribution in [3.8, 4) is 0 Å². The SMILES string of the molecule is C[C@@H](CO)c1cn(S(=O)(=O)c2ccccc2)c2ccccc12. The van der Waals surface area contributed by atoms with Gasteiger partial charge in [-0.3, -0.25) is 0 Å². The van der Waals surface area contributed by atoms with Gasteiger partial charge < -0.3 is 5.11 Å². The second-order valence-electron chi connectivity index (χ2n) is 5.30. The monoisotopic (exact) mass is 315 g/mol. The van der Waals surface area contributed by atoms with Crippen LogP contribution < -0.4 is 0 Å². The van der Waals surface area contributed by atoms with Gasteiger partial charge in [-0.05, 0) is 23.8 Å². The molecule has 1 N–H and O–H groups in total. The van der Waals surface area contributed by atoms with Gasteiger partial charge in [0.2, 0.25) is 0 Å². The van der Waals surface area contributed by atoms with Crippen LogP contribution in [0.25, 0.3) is 10.9 Å². The summed E-state index contributed by atoms with van der Waals surface area (Å²) in [6.45, 7) is 1.85. The Labute approximate surface area is 129 Å². The summed E-state index contributed by atoms with van der Waals surface area (Å²) in [6.07, 6.45) is 1.62. The molecule has 0 saturated heterocycles. The van der Waals surface area contributed by atoms with Crippen molar-refractivity contribution in [1.82, 2.24) is 3.97 Å². The molecule has 0 radical (unpaired) electrons. The van der Waals surface area contributed by atoms with Crippen LogP contribution in [0.1, 0.15) is 18.4 Å². The van der Waals surface area contributed by atoms with Crippen LogP contribution >= 0.6 is 0 Å². The third-order valence-corrected chi connectivity index (χ3v) is 5.50. The number of nitrogens with zero attached hydrogens (tertiary/aromatic N) is 1. The molecule has 0 saturated carbocycles. The first-order valence-electron chi connectivity index (χ1n) is 7.07. The molecule has 22 heavy (non-hydrogen) atoms. The molecule has 0 spiro atoms. The van der Waals surface area contributed by atoms with Crippen molar-refractivity contribution < 1.29 is 13.5 Å². The van der Waals surface area contributed by atoms with Crippen molar-refractivity contribution in [1.29, 1.82) is 0 Å². The van der Waals surface area contributed by atoms with E-state index < -0.39 is 10.0 Å². The zero-order valence-electron chi connectivity index (χ0n) is 12.2. The van der Waals surface area contributed by atoms with Gasteiger partial charge in [-0.1, -0.05) is 43.3 Å². The molecule has 0 amide bonds. The highest BCUT2D eigenvalue weighted by Crippen LogP contribution is 2.30. The van der Waals surface area contributed by atoms with Crippen molar-refractivity contribution in [2.45, 2.75) is 17.7 Å². The summed E-state index contributed by atoms with van der Waals surface area (Å²) in [5, 5.41) is 10.3. The number of aliphatic hydroxyl groups is 1. The van der Waals surface area contributed by atoms with E-state index in [-0.39, 0.29) is 17.4 Å². The highest BCUT2D eigenvalue weighted by atomic mass is 32.2. The number of hydrogen-bond donors (Lipinski definition) is 1. The first-order chi connectivity index (χ1) is 10.6. The minimum Gasteiger partial charge on any atom is -0.396 e. The Morgan fingerprint density at radius 2 is 1.68 bits per heavy atom. The second-order valence-corrected chi connectivity index (χ2v) is 7.11. The number of rotatable bonds is 4. The predicted octanol–water partition coefficient (Wildman–Crippen LogP) is 2.97. The summed E-state index contributed by atoms with van der Waals surface area (Å²) in [6, 6.07) is 15.7. The average molecular weight is 315 g/mol. The third-order valence-electron chi connectivity index (χ3n) is 3.81. The van der Waals surface area contributed by atoms with E-state index in [0.717, 1.165) is 10.9 Å². The maximum absolute atomic E-state index is 12.9. The van der Waals surface area contributed by atoms with Crippen molar-refractivity contribution in [2.24, 2.45) is 0 Å². The van der Waals surface area contributed by atoms with Gasteiger partial charge in [-0.25, -0.2) is 12.4 Å². The van der Waals surface area contributed by atoms with Gasteiger partial charge in [0.25, 0.3) is 10.0 Å². The van der Waals surface area contributed by atoms with E-state index in [1.165, 1.54) is 3.97 Å². The highest BCUT2D eigenvalue weighted by Gasteiger charge is 2.22. The quantitative estimate of drug-likeness (QED) is 0.805. The van der Waals surface area contributed by atoms with Crippen LogP contribution in [0.15, 0.2) is 65.7 Å². The maximum Gasteiger partial charge on any atom is 0.268 e. The lowest BCUT2D eigenvalue weighted by Gasteiger charge is -2.07. The zero-order chi connectivity index (χ0) is 15.7. The van der Waals surface area contributed by atoms with Crippen molar-refractivity contribution >= 4 is 20.9 Å². The number of aromatic nitrogens is 1. The molecule has 3 aromatic rings. The molecule has 1 aromatic heterocycles. The number of aliphatic hydroxyl groups excluding tert-OH is 1. The summed E-state index contributed by atoms with van der Waals surface area (Å²) in [7, 11) is -3.65. The molecule has 5 heteroatoms. The fourth-order valence-corrected chi connectivity index (χ4v) is 3.97. The summed E-state index contributed by atoms with van der Waals surface area (Å²) in [4.78, 5) is 0.249. The van der Waals surface area contributed by atoms with Gasteiger partial charge in [0.05, 0.1) is 10.4 Å². The van der Waals surface area contributed by atoms with E-state index in [0.29, 0.717) is 5.52 Å². The van der Waals surface area contributed by atoms with E-state index in [9.17, 15) is 13.5 Å². The number of para-hydroxylation sites is 1. The maximum atomic E-state index is 12.9. The van der Waals surface area contributed by atoms with Crippen LogP contribution in [-0.2, 0) is 10.0 Å². The Morgan fingerprint density at radius 1 is 1.05 bits per heavy atom. The average Bonchev–Trinajstić information content (AvgIpc) is 2.95. The molecule has 0 aliphatic rings. The standard InChI is InChI=1S/C17H17NO3S/c1-13(12-19)16-11-18(17-10-6-5-9-15(16)17)22(20,21)14-7-3-2-4-8-14/h2-11,13,19H,12H2,1H3/t13-/m0/s1. The number of benzene rings is 2. The Morgan fingerprint density at radius 3 is 2.36 bits per heavy atom. The topological polar surface area (TPSA) is 59.3 Å². The van der Waals surface area contributed by atoms with Crippen LogP contribution in [-0.4, -0.2) is 24.1 Å². The summed E-state index contributed by atoms with van der Waals surface area (Å²) in [5.41, 5.74) is 1.46. The van der Waals surface area contributed by atoms with Gasteiger partial charge in [0.1, 0.15) is 0 Å². The largest absolute Gasteiger partial charge is 0.396 e. The Kier molecular flexibility index (Phi) is 3.76. The first kappa shape index (κ1) is 14.8. The summed E-state index contributed by atoms with van der Waals surface area (Å²) in [5.74, 6) is -0.128. The van der Waals surface area contributed by atoms with E-state index >= 15 is 0 Å². The van der Waals surface area contributed by atoms with Crippen LogP contribution in [0.4, 0.5) is 0 Å². The third kappa shape index (κ3) is 2.32. The normalized spacial score (nSPS) is 13.4. The predicted molar refractivity (Wildman–Crippen MR) is 86.5 cm³/mol. The Hall–Kier alpha value is -2.11. The summed E-state index contributed by atoms with van der Waals surface area (Å²) < 4.78 is 27.0. The molecular weight excluding hydrogens is 298 g/mol. The van der Waals surface area contributed by atoms with Gasteiger partial charge in [0.15, 0.2) is 0 Å². The van der Waals surface area contributed by atoms with Crippen molar-refractivity contribution in [2.75, 3.05) is 6.61 Å². The van der Waals surface area contributed by atoms with Gasteiger partial charge in [-0.15, -0.1) is 0 Å². The van der Waals surface area contributed by atoms with E-state index in [4.69, 9.17) is 0 Å². The van der Waals surface area contributed by atoms with Crippen LogP contribution in [0.2, 0.25) is 0 Å².